The van der Waals surface area contributed by atoms with Gasteiger partial charge >= 0.3 is 0 Å². The Balaban J connectivity index is 0. The quantitative estimate of drug-likeness (QED) is 0.576. The highest BCUT2D eigenvalue weighted by atomic mass is 16.1. The third-order valence-electron chi connectivity index (χ3n) is 2.06. The van der Waals surface area contributed by atoms with Gasteiger partial charge in [0.15, 0.2) is 0 Å². The molecule has 17 heavy (non-hydrogen) atoms. The van der Waals surface area contributed by atoms with Crippen LogP contribution in [0.25, 0.3) is 5.57 Å². The van der Waals surface area contributed by atoms with Gasteiger partial charge in [-0.2, -0.15) is 0 Å². The van der Waals surface area contributed by atoms with E-state index in [9.17, 15) is 0 Å². The zero-order valence-electron chi connectivity index (χ0n) is 10.3. The minimum Gasteiger partial charge on any atom is -0.222 e. The molecule has 0 bridgehead atoms. The number of carbonyl (C=O) groups excluding carboxylic acids is 2. The van der Waals surface area contributed by atoms with Crippen molar-refractivity contribution in [2.24, 2.45) is 0 Å². The van der Waals surface area contributed by atoms with Crippen molar-refractivity contribution in [2.75, 3.05) is 0 Å². The van der Waals surface area contributed by atoms with Crippen molar-refractivity contribution in [3.05, 3.63) is 41.5 Å². The Hall–Kier alpha value is -2.28. The fourth-order valence-corrected chi connectivity index (χ4v) is 1.21. The molecular formula is C13H16N2O2. The molecule has 0 spiro atoms. The van der Waals surface area contributed by atoms with Crippen LogP contribution in [-0.4, -0.2) is 12.2 Å². The molecule has 0 amide bonds. The number of benzene rings is 1. The Morgan fingerprint density at radius 3 is 1.88 bits per heavy atom. The predicted octanol–water partition coefficient (Wildman–Crippen LogP) is 3.14. The number of hydrogen-bond donors (Lipinski definition) is 2. The van der Waals surface area contributed by atoms with E-state index in [-0.39, 0.29) is 0 Å². The molecule has 0 aromatic heterocycles. The molecule has 90 valence electrons. The van der Waals surface area contributed by atoms with Crippen molar-refractivity contribution < 1.29 is 9.59 Å². The van der Waals surface area contributed by atoms with Gasteiger partial charge in [0.2, 0.25) is 12.2 Å². The number of aryl methyl sites for hydroxylation is 1. The van der Waals surface area contributed by atoms with E-state index in [1.807, 2.05) is 6.92 Å². The topological polar surface area (TPSA) is 81.8 Å². The maximum Gasteiger partial charge on any atom is 0.231 e. The first-order valence-electron chi connectivity index (χ1n) is 4.76. The second kappa shape index (κ2) is 10.2. The minimum absolute atomic E-state index is 0.750. The molecule has 0 atom stereocenters. The molecule has 1 rings (SSSR count). The summed E-state index contributed by atoms with van der Waals surface area (Å²) in [5, 5.41) is 10.8. The molecule has 1 aromatic carbocycles. The second-order valence-electron chi connectivity index (χ2n) is 3.23. The lowest BCUT2D eigenvalue weighted by Gasteiger charge is -2.06. The summed E-state index contributed by atoms with van der Waals surface area (Å²) in [7, 11) is 0. The monoisotopic (exact) mass is 232 g/mol. The molecule has 1 aromatic rings. The van der Waals surface area contributed by atoms with Crippen molar-refractivity contribution in [2.45, 2.75) is 20.8 Å². The first-order valence-corrected chi connectivity index (χ1v) is 4.76. The van der Waals surface area contributed by atoms with Gasteiger partial charge in [-0.3, -0.25) is 0 Å². The van der Waals surface area contributed by atoms with Gasteiger partial charge in [-0.1, -0.05) is 30.4 Å². The van der Waals surface area contributed by atoms with Gasteiger partial charge in [-0.25, -0.2) is 20.4 Å². The Labute approximate surface area is 101 Å². The summed E-state index contributed by atoms with van der Waals surface area (Å²) >= 11 is 0. The van der Waals surface area contributed by atoms with E-state index in [2.05, 4.69) is 38.6 Å². The van der Waals surface area contributed by atoms with E-state index in [0.29, 0.717) is 0 Å². The number of rotatable bonds is 1. The van der Waals surface area contributed by atoms with Gasteiger partial charge in [0.05, 0.1) is 0 Å². The normalized spacial score (nSPS) is 7.24. The highest BCUT2D eigenvalue weighted by Gasteiger charge is 1.99. The van der Waals surface area contributed by atoms with E-state index in [1.165, 1.54) is 16.7 Å². The summed E-state index contributed by atoms with van der Waals surface area (Å²) in [4.78, 5) is 16.7. The minimum atomic E-state index is 0.750. The summed E-state index contributed by atoms with van der Waals surface area (Å²) < 4.78 is 0. The van der Waals surface area contributed by atoms with Crippen molar-refractivity contribution in [3.63, 3.8) is 0 Å². The van der Waals surface area contributed by atoms with Crippen molar-refractivity contribution >= 4 is 17.7 Å². The van der Waals surface area contributed by atoms with E-state index in [0.717, 1.165) is 17.7 Å². The fraction of sp³-hybridized carbons (Fsp3) is 0.231. The zero-order valence-corrected chi connectivity index (χ0v) is 10.3. The highest BCUT2D eigenvalue weighted by Crippen LogP contribution is 2.18. The molecule has 0 radical (unpaired) electrons. The Morgan fingerprint density at radius 1 is 1.18 bits per heavy atom. The molecule has 0 aliphatic rings. The largest absolute Gasteiger partial charge is 0.231 e. The Kier molecular flexibility index (Phi) is 10.3. The van der Waals surface area contributed by atoms with Crippen LogP contribution in [0.3, 0.4) is 0 Å². The molecule has 4 heteroatoms. The summed E-state index contributed by atoms with van der Waals surface area (Å²) in [6.45, 7) is 10.2. The van der Waals surface area contributed by atoms with Crippen molar-refractivity contribution in [1.82, 2.24) is 0 Å². The summed E-state index contributed by atoms with van der Waals surface area (Å²) in [5.41, 5.74) is 5.11. The smallest absolute Gasteiger partial charge is 0.222 e. The molecule has 0 fully saturated rings. The average Bonchev–Trinajstić information content (AvgIpc) is 2.24. The first-order chi connectivity index (χ1) is 7.95. The molecule has 0 aliphatic carbocycles. The molecular weight excluding hydrogens is 216 g/mol. The maximum atomic E-state index is 8.35. The number of isocyanates is 2. The third kappa shape index (κ3) is 7.63. The van der Waals surface area contributed by atoms with Crippen LogP contribution < -0.4 is 0 Å². The average molecular weight is 232 g/mol. The van der Waals surface area contributed by atoms with Gasteiger partial charge in [-0.15, -0.1) is 0 Å². The standard InChI is InChI=1S/C11H14.2CHNO/c1-8(2)11-7-5-6-9(3)10(11)4;2*2-1-3/h5-7H,1H2,2-4H3;2*2H. The van der Waals surface area contributed by atoms with Gasteiger partial charge < -0.3 is 0 Å². The first kappa shape index (κ1) is 17.1. The van der Waals surface area contributed by atoms with E-state index < -0.39 is 0 Å². The molecule has 0 saturated carbocycles. The zero-order chi connectivity index (χ0) is 13.8. The van der Waals surface area contributed by atoms with Crippen LogP contribution in [0.5, 0.6) is 0 Å². The number of allylic oxidation sites excluding steroid dienone is 1. The van der Waals surface area contributed by atoms with Crippen LogP contribution in [0.4, 0.5) is 0 Å². The van der Waals surface area contributed by atoms with Gasteiger partial charge in [0, 0.05) is 0 Å². The maximum absolute atomic E-state index is 8.35. The van der Waals surface area contributed by atoms with Crippen LogP contribution in [0.1, 0.15) is 23.6 Å². The lowest BCUT2D eigenvalue weighted by molar-refractivity contribution is 0.562. The van der Waals surface area contributed by atoms with Crippen molar-refractivity contribution in [3.8, 4) is 0 Å². The van der Waals surface area contributed by atoms with Gasteiger partial charge in [0.1, 0.15) is 0 Å². The van der Waals surface area contributed by atoms with Crippen molar-refractivity contribution in [1.29, 1.82) is 10.8 Å². The lowest BCUT2D eigenvalue weighted by Crippen LogP contribution is -1.87. The van der Waals surface area contributed by atoms with E-state index in [1.54, 1.807) is 0 Å². The molecule has 4 nitrogen and oxygen atoms in total. The Bertz CT molecular complexity index is 427. The fourth-order valence-electron chi connectivity index (χ4n) is 1.21. The van der Waals surface area contributed by atoms with Crippen LogP contribution in [0.15, 0.2) is 24.8 Å². The van der Waals surface area contributed by atoms with E-state index >= 15 is 0 Å². The van der Waals surface area contributed by atoms with Crippen LogP contribution in [0, 0.1) is 24.7 Å². The predicted molar refractivity (Wildman–Crippen MR) is 67.5 cm³/mol. The highest BCUT2D eigenvalue weighted by molar-refractivity contribution is 5.65. The molecule has 0 saturated heterocycles. The van der Waals surface area contributed by atoms with Gasteiger partial charge in [-0.05, 0) is 37.5 Å². The molecule has 2 N–H and O–H groups in total. The molecule has 0 aliphatic heterocycles. The van der Waals surface area contributed by atoms with Crippen LogP contribution in [-0.2, 0) is 9.59 Å². The molecule has 0 unspecified atom stereocenters. The molecule has 0 heterocycles. The third-order valence-corrected chi connectivity index (χ3v) is 2.06. The Morgan fingerprint density at radius 2 is 1.59 bits per heavy atom. The SMILES string of the molecule is C=C(C)c1cccc(C)c1C.N=C=O.N=C=O. The number of hydrogen-bond acceptors (Lipinski definition) is 4. The summed E-state index contributed by atoms with van der Waals surface area (Å²) in [6.07, 6.45) is 1.50. The second-order valence-corrected chi connectivity index (χ2v) is 3.23. The van der Waals surface area contributed by atoms with E-state index in [4.69, 9.17) is 20.4 Å². The van der Waals surface area contributed by atoms with Gasteiger partial charge in [0.25, 0.3) is 0 Å². The van der Waals surface area contributed by atoms with Crippen LogP contribution >= 0.6 is 0 Å². The van der Waals surface area contributed by atoms with Crippen LogP contribution in [0.2, 0.25) is 0 Å². The lowest BCUT2D eigenvalue weighted by atomic mass is 9.99. The summed E-state index contributed by atoms with van der Waals surface area (Å²) in [5.74, 6) is 0. The number of nitrogens with one attached hydrogen (secondary N) is 2. The summed E-state index contributed by atoms with van der Waals surface area (Å²) in [6, 6.07) is 6.32.